The Morgan fingerprint density at radius 2 is 1.39 bits per heavy atom. The average molecular weight is 672 g/mol. The van der Waals surface area contributed by atoms with Gasteiger partial charge in [-0.25, -0.2) is 4.39 Å². The number of nitrogen functional groups attached to an aromatic ring is 1. The summed E-state index contributed by atoms with van der Waals surface area (Å²) in [5.41, 5.74) is 11.1. The number of carbonyl (C=O) groups excluding carboxylic acids is 2. The van der Waals surface area contributed by atoms with Crippen molar-refractivity contribution in [3.8, 4) is 23.0 Å². The number of nitrogens with zero attached hydrogens (tertiary/aromatic N) is 2. The monoisotopic (exact) mass is 671 g/mol. The largest absolute Gasteiger partial charge is 0.493 e. The Labute approximate surface area is 285 Å². The summed E-state index contributed by atoms with van der Waals surface area (Å²) >= 11 is 0. The SMILES string of the molecule is COc1cc2c(cc1OCCCCCOc1cc3c(cc1OC)C(=O)N1C[C@H](F)C[C@H]1CN3)NC[C@@H]1CC(c3ccc(N)cc3)=CN1C2=O. The number of nitrogens with one attached hydrogen (secondary N) is 2. The van der Waals surface area contributed by atoms with Gasteiger partial charge in [0, 0.05) is 43.5 Å². The van der Waals surface area contributed by atoms with Gasteiger partial charge in [0.05, 0.1) is 68.6 Å². The second-order valence-corrected chi connectivity index (χ2v) is 12.9. The third kappa shape index (κ3) is 6.51. The molecule has 11 nitrogen and oxygen atoms in total. The molecule has 0 spiro atoms. The lowest BCUT2D eigenvalue weighted by Crippen LogP contribution is -2.37. The van der Waals surface area contributed by atoms with Gasteiger partial charge >= 0.3 is 0 Å². The van der Waals surface area contributed by atoms with E-state index in [1.54, 1.807) is 30.2 Å². The third-order valence-corrected chi connectivity index (χ3v) is 9.71. The number of ether oxygens (including phenoxy) is 4. The fourth-order valence-corrected chi connectivity index (χ4v) is 7.07. The molecule has 3 aromatic rings. The molecule has 49 heavy (non-hydrogen) atoms. The number of fused-ring (bicyclic) bond motifs is 4. The Hall–Kier alpha value is -5.13. The van der Waals surface area contributed by atoms with Gasteiger partial charge in [-0.1, -0.05) is 12.1 Å². The first kappa shape index (κ1) is 32.4. The zero-order chi connectivity index (χ0) is 34.1. The van der Waals surface area contributed by atoms with Gasteiger partial charge in [0.2, 0.25) is 0 Å². The zero-order valence-corrected chi connectivity index (χ0v) is 27.8. The molecule has 4 N–H and O–H groups in total. The topological polar surface area (TPSA) is 128 Å². The van der Waals surface area contributed by atoms with E-state index in [2.05, 4.69) is 10.6 Å². The van der Waals surface area contributed by atoms with Crippen molar-refractivity contribution in [3.63, 3.8) is 0 Å². The van der Waals surface area contributed by atoms with E-state index < -0.39 is 6.17 Å². The van der Waals surface area contributed by atoms with Gasteiger partial charge in [-0.3, -0.25) is 9.59 Å². The standard InChI is InChI=1S/C37H42FN5O6/c1-46-32-14-28-30(40-18-26-12-23(20-42(26)36(28)44)22-6-8-25(39)9-7-22)16-34(32)48-10-4-3-5-11-49-35-17-31-29(15-33(35)47-2)37(45)43-21-24(38)13-27(43)19-41-31/h6-9,14-17,20,24,26-27,40-41H,3-5,10-13,18-19,21,39H2,1-2H3/t24-,26+,27+/m1/s1. The van der Waals surface area contributed by atoms with Crippen LogP contribution in [0.15, 0.2) is 54.7 Å². The van der Waals surface area contributed by atoms with Crippen LogP contribution in [-0.2, 0) is 0 Å². The Balaban J connectivity index is 0.920. The Bertz CT molecular complexity index is 1760. The molecule has 0 bridgehead atoms. The van der Waals surface area contributed by atoms with E-state index in [1.807, 2.05) is 41.4 Å². The van der Waals surface area contributed by atoms with Crippen LogP contribution in [0.5, 0.6) is 23.0 Å². The molecule has 3 atom stereocenters. The average Bonchev–Trinajstić information content (AvgIpc) is 3.65. The maximum atomic E-state index is 14.0. The lowest BCUT2D eigenvalue weighted by Gasteiger charge is -2.21. The predicted molar refractivity (Wildman–Crippen MR) is 186 cm³/mol. The highest BCUT2D eigenvalue weighted by Crippen LogP contribution is 2.40. The number of carbonyl (C=O) groups is 2. The zero-order valence-electron chi connectivity index (χ0n) is 27.8. The molecule has 1 saturated heterocycles. The van der Waals surface area contributed by atoms with E-state index in [9.17, 15) is 14.0 Å². The minimum atomic E-state index is -0.994. The Kier molecular flexibility index (Phi) is 9.11. The number of amides is 2. The molecule has 258 valence electrons. The first-order valence-electron chi connectivity index (χ1n) is 16.8. The van der Waals surface area contributed by atoms with Crippen molar-refractivity contribution in [3.05, 3.63) is 71.4 Å². The van der Waals surface area contributed by atoms with Crippen LogP contribution in [0.4, 0.5) is 21.5 Å². The summed E-state index contributed by atoms with van der Waals surface area (Å²) in [6.07, 6.45) is 4.47. The molecule has 2 amide bonds. The van der Waals surface area contributed by atoms with E-state index in [4.69, 9.17) is 24.7 Å². The molecule has 4 heterocycles. The van der Waals surface area contributed by atoms with Crippen LogP contribution in [0.1, 0.15) is 58.4 Å². The van der Waals surface area contributed by atoms with Gasteiger partial charge in [-0.05, 0) is 61.1 Å². The van der Waals surface area contributed by atoms with Crippen molar-refractivity contribution < 1.29 is 32.9 Å². The molecule has 4 aliphatic heterocycles. The fourth-order valence-electron chi connectivity index (χ4n) is 7.07. The molecule has 7 rings (SSSR count). The fraction of sp³-hybridized carbons (Fsp3) is 0.405. The molecule has 0 aliphatic carbocycles. The minimum Gasteiger partial charge on any atom is -0.493 e. The summed E-state index contributed by atoms with van der Waals surface area (Å²) in [5, 5.41) is 6.76. The summed E-state index contributed by atoms with van der Waals surface area (Å²) in [6, 6.07) is 14.6. The molecule has 0 saturated carbocycles. The minimum absolute atomic E-state index is 0.00205. The van der Waals surface area contributed by atoms with Crippen molar-refractivity contribution in [2.45, 2.75) is 50.4 Å². The lowest BCUT2D eigenvalue weighted by molar-refractivity contribution is 0.0741. The maximum absolute atomic E-state index is 14.0. The third-order valence-electron chi connectivity index (χ3n) is 9.71. The molecule has 4 aliphatic rings. The summed E-state index contributed by atoms with van der Waals surface area (Å²) in [4.78, 5) is 30.2. The second-order valence-electron chi connectivity index (χ2n) is 12.9. The summed E-state index contributed by atoms with van der Waals surface area (Å²) in [6.45, 7) is 2.15. The van der Waals surface area contributed by atoms with E-state index in [-0.39, 0.29) is 30.4 Å². The van der Waals surface area contributed by atoms with Gasteiger partial charge in [0.25, 0.3) is 11.8 Å². The van der Waals surface area contributed by atoms with Crippen molar-refractivity contribution in [2.75, 3.05) is 63.4 Å². The number of hydrogen-bond donors (Lipinski definition) is 3. The van der Waals surface area contributed by atoms with Crippen LogP contribution in [-0.4, -0.2) is 86.9 Å². The van der Waals surface area contributed by atoms with Crippen LogP contribution in [0.2, 0.25) is 0 Å². The molecule has 0 aromatic heterocycles. The van der Waals surface area contributed by atoms with Crippen molar-refractivity contribution >= 4 is 34.4 Å². The van der Waals surface area contributed by atoms with Gasteiger partial charge in [0.1, 0.15) is 6.17 Å². The molecule has 12 heteroatoms. The highest BCUT2D eigenvalue weighted by atomic mass is 19.1. The van der Waals surface area contributed by atoms with Crippen LogP contribution in [0.3, 0.4) is 0 Å². The number of benzene rings is 3. The first-order valence-corrected chi connectivity index (χ1v) is 16.8. The number of rotatable bonds is 11. The van der Waals surface area contributed by atoms with E-state index >= 15 is 0 Å². The van der Waals surface area contributed by atoms with E-state index in [0.29, 0.717) is 78.2 Å². The summed E-state index contributed by atoms with van der Waals surface area (Å²) in [7, 11) is 3.11. The van der Waals surface area contributed by atoms with Gasteiger partial charge in [-0.15, -0.1) is 0 Å². The highest BCUT2D eigenvalue weighted by molar-refractivity contribution is 6.03. The number of methoxy groups -OCH3 is 2. The number of alkyl halides is 1. The van der Waals surface area contributed by atoms with Crippen LogP contribution < -0.4 is 35.3 Å². The summed E-state index contributed by atoms with van der Waals surface area (Å²) in [5.74, 6) is 1.83. The molecule has 0 radical (unpaired) electrons. The molecule has 3 aromatic carbocycles. The van der Waals surface area contributed by atoms with Crippen LogP contribution in [0.25, 0.3) is 5.57 Å². The highest BCUT2D eigenvalue weighted by Gasteiger charge is 2.39. The summed E-state index contributed by atoms with van der Waals surface area (Å²) < 4.78 is 37.3. The van der Waals surface area contributed by atoms with Gasteiger partial charge in [-0.2, -0.15) is 0 Å². The smallest absolute Gasteiger partial charge is 0.260 e. The Morgan fingerprint density at radius 3 is 2.00 bits per heavy atom. The molecule has 1 fully saturated rings. The lowest BCUT2D eigenvalue weighted by atomic mass is 10.0. The normalized spacial score (nSPS) is 20.9. The number of halogens is 1. The van der Waals surface area contributed by atoms with Gasteiger partial charge < -0.3 is 45.1 Å². The number of nitrogens with two attached hydrogens (primary N) is 1. The Morgan fingerprint density at radius 1 is 0.796 bits per heavy atom. The number of hydrogen-bond acceptors (Lipinski definition) is 9. The molecular formula is C37H42FN5O6. The predicted octanol–water partition coefficient (Wildman–Crippen LogP) is 5.57. The van der Waals surface area contributed by atoms with Crippen LogP contribution >= 0.6 is 0 Å². The van der Waals surface area contributed by atoms with E-state index in [1.165, 1.54) is 7.11 Å². The number of unbranched alkanes of at least 4 members (excludes halogenated alkanes) is 2. The number of anilines is 3. The van der Waals surface area contributed by atoms with Gasteiger partial charge in [0.15, 0.2) is 23.0 Å². The maximum Gasteiger partial charge on any atom is 0.260 e. The van der Waals surface area contributed by atoms with Crippen molar-refractivity contribution in [2.24, 2.45) is 0 Å². The molecular weight excluding hydrogens is 629 g/mol. The quantitative estimate of drug-likeness (QED) is 0.177. The second kappa shape index (κ2) is 13.8. The van der Waals surface area contributed by atoms with Crippen LogP contribution in [0, 0.1) is 0 Å². The van der Waals surface area contributed by atoms with Crippen molar-refractivity contribution in [1.29, 1.82) is 0 Å². The first-order chi connectivity index (χ1) is 23.8. The molecule has 0 unspecified atom stereocenters. The van der Waals surface area contributed by atoms with E-state index in [0.717, 1.165) is 42.5 Å². The van der Waals surface area contributed by atoms with Crippen molar-refractivity contribution in [1.82, 2.24) is 9.80 Å².